The smallest absolute Gasteiger partial charge is 0.269 e. The van der Waals surface area contributed by atoms with E-state index in [9.17, 15) is 14.9 Å². The number of carbonyl (C=O) groups is 1. The Morgan fingerprint density at radius 1 is 0.743 bits per heavy atom. The second kappa shape index (κ2) is 9.23. The molecule has 1 amide bonds. The van der Waals surface area contributed by atoms with Crippen LogP contribution in [0, 0.1) is 17.0 Å². The van der Waals surface area contributed by atoms with E-state index < -0.39 is 4.92 Å². The summed E-state index contributed by atoms with van der Waals surface area (Å²) in [6, 6.07) is 32.3. The lowest BCUT2D eigenvalue weighted by atomic mass is 10.0. The van der Waals surface area contributed by atoms with Gasteiger partial charge in [-0.15, -0.1) is 0 Å². The molecule has 0 spiro atoms. The fourth-order valence-electron chi connectivity index (χ4n) is 4.11. The van der Waals surface area contributed by atoms with Gasteiger partial charge in [0.2, 0.25) is 0 Å². The van der Waals surface area contributed by atoms with E-state index in [1.165, 1.54) is 12.1 Å². The van der Waals surface area contributed by atoms with Gasteiger partial charge in [-0.1, -0.05) is 72.3 Å². The topological polar surface area (TPSA) is 63.5 Å². The molecule has 1 aliphatic rings. The van der Waals surface area contributed by atoms with Crippen molar-refractivity contribution in [2.24, 2.45) is 0 Å². The van der Waals surface area contributed by atoms with Gasteiger partial charge < -0.3 is 0 Å². The Morgan fingerprint density at radius 2 is 1.34 bits per heavy atom. The largest absolute Gasteiger partial charge is 0.276 e. The Morgan fingerprint density at radius 3 is 1.97 bits per heavy atom. The first-order chi connectivity index (χ1) is 17.0. The van der Waals surface area contributed by atoms with Crippen molar-refractivity contribution in [2.45, 2.75) is 6.92 Å². The minimum Gasteiger partial charge on any atom is -0.276 e. The predicted molar refractivity (Wildman–Crippen MR) is 140 cm³/mol. The number of hydrogen-bond acceptors (Lipinski definition) is 3. The van der Waals surface area contributed by atoms with Gasteiger partial charge in [-0.2, -0.15) is 0 Å². The molecule has 0 N–H and O–H groups in total. The number of carbonyl (C=O) groups excluding carboxylic acids is 1. The van der Waals surface area contributed by atoms with Gasteiger partial charge in [0.05, 0.1) is 10.6 Å². The van der Waals surface area contributed by atoms with Crippen molar-refractivity contribution in [3.63, 3.8) is 0 Å². The third-order valence-electron chi connectivity index (χ3n) is 5.99. The van der Waals surface area contributed by atoms with Crippen LogP contribution in [0.2, 0.25) is 0 Å². The summed E-state index contributed by atoms with van der Waals surface area (Å²) in [7, 11) is 0. The Bertz CT molecular complexity index is 1450. The molecule has 0 bridgehead atoms. The average Bonchev–Trinajstić information content (AvgIpc) is 3.21. The highest BCUT2D eigenvalue weighted by atomic mass is 16.6. The Kier molecular flexibility index (Phi) is 5.81. The molecular weight excluding hydrogens is 436 g/mol. The van der Waals surface area contributed by atoms with Crippen LogP contribution >= 0.6 is 0 Å². The van der Waals surface area contributed by atoms with Gasteiger partial charge in [0.1, 0.15) is 0 Å². The predicted octanol–water partition coefficient (Wildman–Crippen LogP) is 7.04. The monoisotopic (exact) mass is 458 g/mol. The lowest BCUT2D eigenvalue weighted by Crippen LogP contribution is -2.24. The molecule has 0 fully saturated rings. The van der Waals surface area contributed by atoms with Crippen molar-refractivity contribution in [1.29, 1.82) is 0 Å². The molecule has 0 aliphatic carbocycles. The summed E-state index contributed by atoms with van der Waals surface area (Å²) in [6.07, 6.45) is 3.64. The third-order valence-corrected chi connectivity index (χ3v) is 5.99. The molecule has 0 radical (unpaired) electrons. The van der Waals surface area contributed by atoms with Crippen LogP contribution in [0.5, 0.6) is 0 Å². The summed E-state index contributed by atoms with van der Waals surface area (Å²) < 4.78 is 0. The first-order valence-corrected chi connectivity index (χ1v) is 11.2. The van der Waals surface area contributed by atoms with E-state index in [2.05, 4.69) is 12.1 Å². The summed E-state index contributed by atoms with van der Waals surface area (Å²) in [5, 5.41) is 11.0. The van der Waals surface area contributed by atoms with Crippen LogP contribution in [-0.2, 0) is 4.79 Å². The van der Waals surface area contributed by atoms with Crippen molar-refractivity contribution in [3.8, 4) is 11.1 Å². The van der Waals surface area contributed by atoms with Gasteiger partial charge in [0.25, 0.3) is 11.6 Å². The zero-order valence-electron chi connectivity index (χ0n) is 19.1. The van der Waals surface area contributed by atoms with E-state index in [4.69, 9.17) is 0 Å². The highest BCUT2D eigenvalue weighted by molar-refractivity contribution is 6.23. The lowest BCUT2D eigenvalue weighted by Gasteiger charge is -2.21. The maximum atomic E-state index is 13.6. The van der Waals surface area contributed by atoms with Gasteiger partial charge >= 0.3 is 0 Å². The second-order valence-electron chi connectivity index (χ2n) is 8.40. The molecule has 5 nitrogen and oxygen atoms in total. The van der Waals surface area contributed by atoms with E-state index in [0.717, 1.165) is 39.2 Å². The average molecular weight is 459 g/mol. The molecular formula is C30H22N2O3. The minimum absolute atomic E-state index is 0.0147. The summed E-state index contributed by atoms with van der Waals surface area (Å²) in [6.45, 7) is 2.03. The van der Waals surface area contributed by atoms with Crippen molar-refractivity contribution in [3.05, 3.63) is 142 Å². The number of benzene rings is 4. The fraction of sp³-hybridized carbons (Fsp3) is 0.0333. The fourth-order valence-corrected chi connectivity index (χ4v) is 4.11. The normalized spacial score (nSPS) is 14.3. The summed E-state index contributed by atoms with van der Waals surface area (Å²) in [5.41, 5.74) is 7.07. The van der Waals surface area contributed by atoms with E-state index in [1.807, 2.05) is 79.7 Å². The van der Waals surface area contributed by atoms with Crippen LogP contribution in [0.4, 0.5) is 11.4 Å². The number of aryl methyl sites for hydroxylation is 1. The number of nitrogens with zero attached hydrogens (tertiary/aromatic N) is 2. The second-order valence-corrected chi connectivity index (χ2v) is 8.40. The van der Waals surface area contributed by atoms with Gasteiger partial charge in [-0.25, -0.2) is 0 Å². The van der Waals surface area contributed by atoms with Crippen LogP contribution in [0.15, 0.2) is 115 Å². The quantitative estimate of drug-likeness (QED) is 0.183. The van der Waals surface area contributed by atoms with E-state index in [-0.39, 0.29) is 11.6 Å². The third kappa shape index (κ3) is 4.52. The number of non-ortho nitro benzene ring substituents is 1. The number of anilines is 1. The SMILES string of the molecule is Cc1ccc(C2=C/C(=C\c3ccc([N+](=O)[O-])cc3)C(=O)N2c2ccc(-c3ccccc3)cc2)cc1. The van der Waals surface area contributed by atoms with Crippen molar-refractivity contribution >= 4 is 29.1 Å². The van der Waals surface area contributed by atoms with Crippen LogP contribution in [0.25, 0.3) is 22.9 Å². The molecule has 35 heavy (non-hydrogen) atoms. The Hall–Kier alpha value is -4.77. The van der Waals surface area contributed by atoms with Gasteiger partial charge in [0.15, 0.2) is 0 Å². The Labute approximate surface area is 203 Å². The molecule has 0 saturated heterocycles. The van der Waals surface area contributed by atoms with Crippen molar-refractivity contribution in [1.82, 2.24) is 0 Å². The molecule has 5 rings (SSSR count). The van der Waals surface area contributed by atoms with E-state index in [1.54, 1.807) is 23.1 Å². The molecule has 5 heteroatoms. The number of amides is 1. The highest BCUT2D eigenvalue weighted by Crippen LogP contribution is 2.36. The molecule has 0 saturated carbocycles. The van der Waals surface area contributed by atoms with Crippen LogP contribution in [-0.4, -0.2) is 10.8 Å². The molecule has 4 aromatic rings. The van der Waals surface area contributed by atoms with Crippen LogP contribution in [0.3, 0.4) is 0 Å². The molecule has 0 atom stereocenters. The van der Waals surface area contributed by atoms with Crippen molar-refractivity contribution in [2.75, 3.05) is 4.90 Å². The maximum absolute atomic E-state index is 13.6. The van der Waals surface area contributed by atoms with Gasteiger partial charge in [-0.05, 0) is 65.6 Å². The van der Waals surface area contributed by atoms with Gasteiger partial charge in [-0.3, -0.25) is 19.8 Å². The zero-order valence-corrected chi connectivity index (χ0v) is 19.1. The lowest BCUT2D eigenvalue weighted by molar-refractivity contribution is -0.384. The zero-order chi connectivity index (χ0) is 24.4. The summed E-state index contributed by atoms with van der Waals surface area (Å²) in [5.74, 6) is -0.147. The Balaban J connectivity index is 1.54. The number of rotatable bonds is 5. The highest BCUT2D eigenvalue weighted by Gasteiger charge is 2.30. The molecule has 1 aliphatic heterocycles. The first kappa shape index (κ1) is 22.0. The van der Waals surface area contributed by atoms with Crippen LogP contribution < -0.4 is 4.90 Å². The standard InChI is InChI=1S/C30H22N2O3/c1-21-7-11-25(12-8-21)29-20-26(19-22-9-15-28(16-10-22)32(34)35)30(33)31(29)27-17-13-24(14-18-27)23-5-3-2-4-6-23/h2-20H,1H3/b26-19+. The minimum atomic E-state index is -0.437. The molecule has 1 heterocycles. The summed E-state index contributed by atoms with van der Waals surface area (Å²) in [4.78, 5) is 25.8. The van der Waals surface area contributed by atoms with Gasteiger partial charge in [0, 0.05) is 23.4 Å². The number of hydrogen-bond donors (Lipinski definition) is 0. The molecule has 0 aromatic heterocycles. The van der Waals surface area contributed by atoms with Crippen LogP contribution in [0.1, 0.15) is 16.7 Å². The number of nitro benzene ring substituents is 1. The van der Waals surface area contributed by atoms with Crippen molar-refractivity contribution < 1.29 is 9.72 Å². The molecule has 170 valence electrons. The molecule has 4 aromatic carbocycles. The summed E-state index contributed by atoms with van der Waals surface area (Å²) >= 11 is 0. The maximum Gasteiger partial charge on any atom is 0.269 e. The first-order valence-electron chi connectivity index (χ1n) is 11.2. The van der Waals surface area contributed by atoms with E-state index in [0.29, 0.717) is 5.57 Å². The van der Waals surface area contributed by atoms with E-state index >= 15 is 0 Å². The number of nitro groups is 1. The molecule has 0 unspecified atom stereocenters.